The molecule has 1 aromatic heterocycles. The molecule has 0 spiro atoms. The van der Waals surface area contributed by atoms with Crippen LogP contribution in [0, 0.1) is 5.92 Å². The van der Waals surface area contributed by atoms with E-state index in [-0.39, 0.29) is 17.7 Å². The van der Waals surface area contributed by atoms with Crippen molar-refractivity contribution >= 4 is 17.6 Å². The third kappa shape index (κ3) is 3.15. The van der Waals surface area contributed by atoms with Crippen LogP contribution in [0.2, 0.25) is 0 Å². The molecule has 1 aliphatic heterocycles. The first-order valence-corrected chi connectivity index (χ1v) is 8.13. The molecule has 0 N–H and O–H groups in total. The number of esters is 1. The molecule has 24 heavy (non-hydrogen) atoms. The topological polar surface area (TPSA) is 61.2 Å². The number of rotatable bonds is 3. The first-order chi connectivity index (χ1) is 11.6. The summed E-state index contributed by atoms with van der Waals surface area (Å²) in [6.45, 7) is 4.59. The number of benzene rings is 1. The van der Waals surface area contributed by atoms with Gasteiger partial charge >= 0.3 is 5.97 Å². The molecule has 2 aromatic rings. The summed E-state index contributed by atoms with van der Waals surface area (Å²) in [6, 6.07) is 9.95. The second-order valence-electron chi connectivity index (χ2n) is 6.02. The molecule has 5 nitrogen and oxygen atoms in total. The molecular formula is C19H20N2O3. The number of ether oxygens (including phenoxy) is 1. The van der Waals surface area contributed by atoms with E-state index in [1.165, 1.54) is 6.20 Å². The van der Waals surface area contributed by atoms with Crippen molar-refractivity contribution < 1.29 is 9.53 Å². The normalized spacial score (nSPS) is 18.2. The average molecular weight is 324 g/mol. The SMILES string of the molecule is CCOC(=O)c1cnc2n(c1=O)CC(C)C/C2=C\c1ccccc1. The summed E-state index contributed by atoms with van der Waals surface area (Å²) in [7, 11) is 0. The predicted molar refractivity (Wildman–Crippen MR) is 92.5 cm³/mol. The fraction of sp³-hybridized carbons (Fsp3) is 0.316. The summed E-state index contributed by atoms with van der Waals surface area (Å²) in [4.78, 5) is 29.0. The van der Waals surface area contributed by atoms with Crippen LogP contribution in [-0.2, 0) is 11.3 Å². The molecule has 0 saturated carbocycles. The number of carbonyl (C=O) groups is 1. The van der Waals surface area contributed by atoms with Gasteiger partial charge in [0.15, 0.2) is 0 Å². The number of aromatic nitrogens is 2. The molecule has 0 saturated heterocycles. The summed E-state index contributed by atoms with van der Waals surface area (Å²) < 4.78 is 6.53. The summed E-state index contributed by atoms with van der Waals surface area (Å²) in [6.07, 6.45) is 4.24. The van der Waals surface area contributed by atoms with Crippen LogP contribution >= 0.6 is 0 Å². The summed E-state index contributed by atoms with van der Waals surface area (Å²) >= 11 is 0. The van der Waals surface area contributed by atoms with E-state index < -0.39 is 5.97 Å². The molecule has 0 radical (unpaired) electrons. The highest BCUT2D eigenvalue weighted by atomic mass is 16.5. The molecule has 124 valence electrons. The zero-order chi connectivity index (χ0) is 17.1. The van der Waals surface area contributed by atoms with E-state index in [4.69, 9.17) is 4.74 Å². The summed E-state index contributed by atoms with van der Waals surface area (Å²) in [5, 5.41) is 0. The molecule has 1 unspecified atom stereocenters. The van der Waals surface area contributed by atoms with Gasteiger partial charge in [-0.15, -0.1) is 0 Å². The average Bonchev–Trinajstić information content (AvgIpc) is 2.57. The molecule has 0 fully saturated rings. The lowest BCUT2D eigenvalue weighted by Gasteiger charge is -2.25. The van der Waals surface area contributed by atoms with Crippen LogP contribution in [0.5, 0.6) is 0 Å². The smallest absolute Gasteiger partial charge is 0.345 e. The van der Waals surface area contributed by atoms with Crippen molar-refractivity contribution in [2.75, 3.05) is 6.61 Å². The Kier molecular flexibility index (Phi) is 4.60. The number of hydrogen-bond acceptors (Lipinski definition) is 4. The Balaban J connectivity index is 2.08. The fourth-order valence-corrected chi connectivity index (χ4v) is 2.98. The van der Waals surface area contributed by atoms with Gasteiger partial charge in [-0.25, -0.2) is 9.78 Å². The van der Waals surface area contributed by atoms with Crippen LogP contribution in [0.1, 0.15) is 42.0 Å². The third-order valence-electron chi connectivity index (χ3n) is 4.03. The zero-order valence-corrected chi connectivity index (χ0v) is 13.9. The Morgan fingerprint density at radius 1 is 1.38 bits per heavy atom. The van der Waals surface area contributed by atoms with Crippen molar-refractivity contribution in [1.29, 1.82) is 0 Å². The highest BCUT2D eigenvalue weighted by molar-refractivity contribution is 5.89. The lowest BCUT2D eigenvalue weighted by molar-refractivity contribution is 0.0522. The number of nitrogens with zero attached hydrogens (tertiary/aromatic N) is 2. The Morgan fingerprint density at radius 3 is 2.83 bits per heavy atom. The highest BCUT2D eigenvalue weighted by Crippen LogP contribution is 2.29. The van der Waals surface area contributed by atoms with Gasteiger partial charge in [0.05, 0.1) is 6.61 Å². The molecule has 0 aliphatic carbocycles. The minimum Gasteiger partial charge on any atom is -0.462 e. The maximum atomic E-state index is 12.7. The second kappa shape index (κ2) is 6.83. The van der Waals surface area contributed by atoms with Crippen LogP contribution in [-0.4, -0.2) is 22.1 Å². The van der Waals surface area contributed by atoms with Gasteiger partial charge in [0, 0.05) is 12.7 Å². The van der Waals surface area contributed by atoms with Crippen LogP contribution in [0.3, 0.4) is 0 Å². The Morgan fingerprint density at radius 2 is 2.12 bits per heavy atom. The highest BCUT2D eigenvalue weighted by Gasteiger charge is 2.25. The first-order valence-electron chi connectivity index (χ1n) is 8.13. The molecule has 3 rings (SSSR count). The molecule has 2 heterocycles. The van der Waals surface area contributed by atoms with Crippen molar-refractivity contribution in [2.24, 2.45) is 5.92 Å². The van der Waals surface area contributed by atoms with Crippen LogP contribution < -0.4 is 5.56 Å². The largest absolute Gasteiger partial charge is 0.462 e. The second-order valence-corrected chi connectivity index (χ2v) is 6.02. The van der Waals surface area contributed by atoms with Gasteiger partial charge in [-0.1, -0.05) is 37.3 Å². The fourth-order valence-electron chi connectivity index (χ4n) is 2.98. The first kappa shape index (κ1) is 16.2. The van der Waals surface area contributed by atoms with E-state index in [0.29, 0.717) is 18.3 Å². The predicted octanol–water partition coefficient (Wildman–Crippen LogP) is 3.00. The van der Waals surface area contributed by atoms with Gasteiger partial charge in [0.25, 0.3) is 5.56 Å². The van der Waals surface area contributed by atoms with Crippen molar-refractivity contribution in [3.8, 4) is 0 Å². The molecule has 5 heteroatoms. The van der Waals surface area contributed by atoms with Crippen molar-refractivity contribution in [3.63, 3.8) is 0 Å². The quantitative estimate of drug-likeness (QED) is 0.814. The number of hydrogen-bond donors (Lipinski definition) is 0. The molecular weight excluding hydrogens is 304 g/mol. The Hall–Kier alpha value is -2.69. The number of allylic oxidation sites excluding steroid dienone is 1. The van der Waals surface area contributed by atoms with Gasteiger partial charge in [0.1, 0.15) is 11.4 Å². The summed E-state index contributed by atoms with van der Waals surface area (Å²) in [5.41, 5.74) is 1.74. The van der Waals surface area contributed by atoms with E-state index in [1.54, 1.807) is 11.5 Å². The Labute approximate surface area is 140 Å². The van der Waals surface area contributed by atoms with E-state index >= 15 is 0 Å². The zero-order valence-electron chi connectivity index (χ0n) is 13.9. The monoisotopic (exact) mass is 324 g/mol. The van der Waals surface area contributed by atoms with E-state index in [2.05, 4.69) is 18.0 Å². The third-order valence-corrected chi connectivity index (χ3v) is 4.03. The van der Waals surface area contributed by atoms with E-state index in [9.17, 15) is 9.59 Å². The van der Waals surface area contributed by atoms with Crippen LogP contribution in [0.15, 0.2) is 41.3 Å². The van der Waals surface area contributed by atoms with Crippen LogP contribution in [0.4, 0.5) is 0 Å². The number of fused-ring (bicyclic) bond motifs is 1. The van der Waals surface area contributed by atoms with E-state index in [1.807, 2.05) is 30.3 Å². The molecule has 1 aromatic carbocycles. The van der Waals surface area contributed by atoms with Crippen LogP contribution in [0.25, 0.3) is 11.6 Å². The van der Waals surface area contributed by atoms with Crippen molar-refractivity contribution in [1.82, 2.24) is 9.55 Å². The van der Waals surface area contributed by atoms with Crippen molar-refractivity contribution in [3.05, 3.63) is 63.8 Å². The van der Waals surface area contributed by atoms with Gasteiger partial charge < -0.3 is 4.74 Å². The van der Waals surface area contributed by atoms with Crippen molar-refractivity contribution in [2.45, 2.75) is 26.8 Å². The van der Waals surface area contributed by atoms with Gasteiger partial charge in [-0.05, 0) is 36.5 Å². The minimum atomic E-state index is -0.614. The van der Waals surface area contributed by atoms with E-state index in [0.717, 1.165) is 17.6 Å². The number of carbonyl (C=O) groups excluding carboxylic acids is 1. The maximum absolute atomic E-state index is 12.7. The minimum absolute atomic E-state index is 0.00578. The van der Waals surface area contributed by atoms with Gasteiger partial charge in [0.2, 0.25) is 0 Å². The molecule has 0 bridgehead atoms. The lowest BCUT2D eigenvalue weighted by Crippen LogP contribution is -2.34. The molecule has 0 amide bonds. The Bertz CT molecular complexity index is 837. The summed E-state index contributed by atoms with van der Waals surface area (Å²) in [5.74, 6) is 0.316. The molecule has 1 atom stereocenters. The van der Waals surface area contributed by atoms with Gasteiger partial charge in [-0.3, -0.25) is 9.36 Å². The standard InChI is InChI=1S/C19H20N2O3/c1-3-24-19(23)16-11-20-17-15(10-14-7-5-4-6-8-14)9-13(2)12-21(17)18(16)22/h4-8,10-11,13H,3,9,12H2,1-2H3/b15-10+. The maximum Gasteiger partial charge on any atom is 0.345 e. The van der Waals surface area contributed by atoms with Gasteiger partial charge in [-0.2, -0.15) is 0 Å². The molecule has 1 aliphatic rings. The lowest BCUT2D eigenvalue weighted by atomic mass is 9.94.